The molecule has 1 rings (SSSR count). The molecular weight excluding hydrogens is 308 g/mol. The Morgan fingerprint density at radius 2 is 1.44 bits per heavy atom. The molecule has 140 valence electrons. The molecule has 0 heterocycles. The number of hydrogen-bond acceptors (Lipinski definition) is 2. The van der Waals surface area contributed by atoms with Crippen molar-refractivity contribution in [2.24, 2.45) is 0 Å². The minimum absolute atomic E-state index is 0.153. The molecule has 0 aliphatic carbocycles. The highest BCUT2D eigenvalue weighted by Crippen LogP contribution is 2.25. The predicted octanol–water partition coefficient (Wildman–Crippen LogP) is 7.16. The van der Waals surface area contributed by atoms with Crippen LogP contribution in [-0.4, -0.2) is 5.97 Å². The van der Waals surface area contributed by atoms with Crippen molar-refractivity contribution in [2.45, 2.75) is 90.6 Å². The fraction of sp³-hybridized carbons (Fsp3) is 0.609. The van der Waals surface area contributed by atoms with E-state index in [9.17, 15) is 4.79 Å². The van der Waals surface area contributed by atoms with Gasteiger partial charge in [0.25, 0.3) is 0 Å². The molecule has 0 N–H and O–H groups in total. The second-order valence-corrected chi connectivity index (χ2v) is 7.06. The van der Waals surface area contributed by atoms with Crippen LogP contribution in [0.3, 0.4) is 0 Å². The molecule has 0 fully saturated rings. The second kappa shape index (κ2) is 13.7. The lowest BCUT2D eigenvalue weighted by Gasteiger charge is -2.18. The Hall–Kier alpha value is -1.57. The van der Waals surface area contributed by atoms with Crippen molar-refractivity contribution in [3.8, 4) is 0 Å². The normalized spacial score (nSPS) is 11.9. The molecule has 0 amide bonds. The molecule has 1 aromatic carbocycles. The van der Waals surface area contributed by atoms with Gasteiger partial charge in [0, 0.05) is 5.57 Å². The van der Waals surface area contributed by atoms with Gasteiger partial charge >= 0.3 is 5.97 Å². The molecule has 0 bridgehead atoms. The van der Waals surface area contributed by atoms with Crippen LogP contribution in [-0.2, 0) is 9.53 Å². The van der Waals surface area contributed by atoms with Crippen LogP contribution in [0.5, 0.6) is 0 Å². The van der Waals surface area contributed by atoms with Gasteiger partial charge in [-0.15, -0.1) is 0 Å². The van der Waals surface area contributed by atoms with E-state index < -0.39 is 0 Å². The Morgan fingerprint density at radius 3 is 1.96 bits per heavy atom. The zero-order valence-electron chi connectivity index (χ0n) is 16.3. The molecule has 0 saturated carbocycles. The van der Waals surface area contributed by atoms with Crippen LogP contribution in [0.4, 0.5) is 0 Å². The van der Waals surface area contributed by atoms with E-state index in [4.69, 9.17) is 4.74 Å². The Morgan fingerprint density at radius 1 is 0.920 bits per heavy atom. The first kappa shape index (κ1) is 21.5. The summed E-state index contributed by atoms with van der Waals surface area (Å²) in [6, 6.07) is 10.0. The van der Waals surface area contributed by atoms with Gasteiger partial charge in [-0.2, -0.15) is 0 Å². The van der Waals surface area contributed by atoms with Crippen LogP contribution < -0.4 is 0 Å². The maximum atomic E-state index is 11.9. The van der Waals surface area contributed by atoms with Crippen LogP contribution in [0, 0.1) is 0 Å². The molecule has 0 radical (unpaired) electrons. The van der Waals surface area contributed by atoms with Crippen molar-refractivity contribution in [1.29, 1.82) is 0 Å². The summed E-state index contributed by atoms with van der Waals surface area (Å²) in [5.74, 6) is -0.291. The Bertz CT molecular complexity index is 478. The van der Waals surface area contributed by atoms with Gasteiger partial charge in [0.1, 0.15) is 6.10 Å². The highest BCUT2D eigenvalue weighted by atomic mass is 16.5. The minimum atomic E-state index is -0.291. The van der Waals surface area contributed by atoms with E-state index in [1.807, 2.05) is 30.3 Å². The smallest absolute Gasteiger partial charge is 0.333 e. The van der Waals surface area contributed by atoms with Gasteiger partial charge < -0.3 is 4.74 Å². The quantitative estimate of drug-likeness (QED) is 0.203. The van der Waals surface area contributed by atoms with E-state index >= 15 is 0 Å². The van der Waals surface area contributed by atoms with Crippen LogP contribution in [0.15, 0.2) is 42.5 Å². The van der Waals surface area contributed by atoms with E-state index in [0.717, 1.165) is 18.4 Å². The van der Waals surface area contributed by atoms with E-state index in [2.05, 4.69) is 13.5 Å². The maximum absolute atomic E-state index is 11.9. The minimum Gasteiger partial charge on any atom is -0.454 e. The van der Waals surface area contributed by atoms with E-state index in [0.29, 0.717) is 5.57 Å². The Labute approximate surface area is 154 Å². The average Bonchev–Trinajstić information content (AvgIpc) is 2.62. The Kier molecular flexibility index (Phi) is 11.8. The third-order valence-corrected chi connectivity index (χ3v) is 4.59. The molecule has 0 aliphatic rings. The van der Waals surface area contributed by atoms with Crippen molar-refractivity contribution in [1.82, 2.24) is 0 Å². The molecule has 1 unspecified atom stereocenters. The van der Waals surface area contributed by atoms with E-state index in [1.165, 1.54) is 57.8 Å². The molecule has 0 saturated heterocycles. The molecule has 25 heavy (non-hydrogen) atoms. The number of esters is 1. The van der Waals surface area contributed by atoms with Crippen LogP contribution in [0.1, 0.15) is 96.1 Å². The van der Waals surface area contributed by atoms with Gasteiger partial charge in [-0.1, -0.05) is 102 Å². The molecule has 0 aliphatic heterocycles. The summed E-state index contributed by atoms with van der Waals surface area (Å²) in [6.45, 7) is 7.64. The number of hydrogen-bond donors (Lipinski definition) is 0. The third kappa shape index (κ3) is 10.1. The van der Waals surface area contributed by atoms with Gasteiger partial charge in [0.2, 0.25) is 0 Å². The summed E-state index contributed by atoms with van der Waals surface area (Å²) >= 11 is 0. The molecule has 1 atom stereocenters. The van der Waals surface area contributed by atoms with Gasteiger partial charge in [-0.25, -0.2) is 4.79 Å². The van der Waals surface area contributed by atoms with Crippen LogP contribution in [0.25, 0.3) is 0 Å². The lowest BCUT2D eigenvalue weighted by Crippen LogP contribution is -2.12. The number of ether oxygens (including phenoxy) is 1. The largest absolute Gasteiger partial charge is 0.454 e. The predicted molar refractivity (Wildman–Crippen MR) is 107 cm³/mol. The zero-order chi connectivity index (χ0) is 18.3. The topological polar surface area (TPSA) is 26.3 Å². The molecule has 0 aromatic heterocycles. The SMILES string of the molecule is C=C(C)C(=O)OC(CCCCCCCCCCCC)c1ccccc1. The van der Waals surface area contributed by atoms with E-state index in [-0.39, 0.29) is 12.1 Å². The summed E-state index contributed by atoms with van der Waals surface area (Å²) in [6.07, 6.45) is 13.9. The molecular formula is C23H36O2. The first-order valence-corrected chi connectivity index (χ1v) is 10.1. The van der Waals surface area contributed by atoms with Gasteiger partial charge in [-0.3, -0.25) is 0 Å². The highest BCUT2D eigenvalue weighted by Gasteiger charge is 2.16. The fourth-order valence-corrected chi connectivity index (χ4v) is 3.01. The van der Waals surface area contributed by atoms with Gasteiger partial charge in [-0.05, 0) is 25.3 Å². The summed E-state index contributed by atoms with van der Waals surface area (Å²) in [4.78, 5) is 11.9. The van der Waals surface area contributed by atoms with Crippen molar-refractivity contribution in [2.75, 3.05) is 0 Å². The fourth-order valence-electron chi connectivity index (χ4n) is 3.01. The molecule has 2 nitrogen and oxygen atoms in total. The third-order valence-electron chi connectivity index (χ3n) is 4.59. The zero-order valence-corrected chi connectivity index (χ0v) is 16.3. The Balaban J connectivity index is 2.25. The maximum Gasteiger partial charge on any atom is 0.333 e. The number of rotatable bonds is 14. The van der Waals surface area contributed by atoms with Crippen molar-refractivity contribution >= 4 is 5.97 Å². The lowest BCUT2D eigenvalue weighted by atomic mass is 10.0. The van der Waals surface area contributed by atoms with Gasteiger partial charge in [0.15, 0.2) is 0 Å². The molecule has 2 heteroatoms. The first-order valence-electron chi connectivity index (χ1n) is 10.1. The molecule has 0 spiro atoms. The average molecular weight is 345 g/mol. The number of carbonyl (C=O) groups excluding carboxylic acids is 1. The summed E-state index contributed by atoms with van der Waals surface area (Å²) in [7, 11) is 0. The monoisotopic (exact) mass is 344 g/mol. The molecule has 1 aromatic rings. The van der Waals surface area contributed by atoms with Crippen molar-refractivity contribution in [3.63, 3.8) is 0 Å². The van der Waals surface area contributed by atoms with Gasteiger partial charge in [0.05, 0.1) is 0 Å². The van der Waals surface area contributed by atoms with Crippen LogP contribution in [0.2, 0.25) is 0 Å². The summed E-state index contributed by atoms with van der Waals surface area (Å²) < 4.78 is 5.64. The number of unbranched alkanes of at least 4 members (excludes halogenated alkanes) is 9. The second-order valence-electron chi connectivity index (χ2n) is 7.06. The number of carbonyl (C=O) groups is 1. The highest BCUT2D eigenvalue weighted by molar-refractivity contribution is 5.87. The van der Waals surface area contributed by atoms with Crippen molar-refractivity contribution < 1.29 is 9.53 Å². The lowest BCUT2D eigenvalue weighted by molar-refractivity contribution is -0.145. The van der Waals surface area contributed by atoms with E-state index in [1.54, 1.807) is 6.92 Å². The summed E-state index contributed by atoms with van der Waals surface area (Å²) in [5, 5.41) is 0. The summed E-state index contributed by atoms with van der Waals surface area (Å²) in [5.41, 5.74) is 1.54. The van der Waals surface area contributed by atoms with Crippen LogP contribution >= 0.6 is 0 Å². The standard InChI is InChI=1S/C23H36O2/c1-4-5-6-7-8-9-10-11-12-16-19-22(25-23(24)20(2)3)21-17-14-13-15-18-21/h13-15,17-18,22H,2,4-12,16,19H2,1,3H3. The first-order chi connectivity index (χ1) is 12.1. The van der Waals surface area contributed by atoms with Crippen molar-refractivity contribution in [3.05, 3.63) is 48.0 Å². The number of benzene rings is 1.